The predicted octanol–water partition coefficient (Wildman–Crippen LogP) is 1.92. The Morgan fingerprint density at radius 3 is 2.56 bits per heavy atom. The van der Waals surface area contributed by atoms with Gasteiger partial charge in [0.15, 0.2) is 5.00 Å². The fourth-order valence-corrected chi connectivity index (χ4v) is 2.53. The van der Waals surface area contributed by atoms with Crippen LogP contribution in [0.5, 0.6) is 0 Å². The van der Waals surface area contributed by atoms with Gasteiger partial charge in [-0.25, -0.2) is 0 Å². The zero-order valence-corrected chi connectivity index (χ0v) is 11.7. The highest BCUT2D eigenvalue weighted by Gasteiger charge is 2.31. The van der Waals surface area contributed by atoms with Gasteiger partial charge in [-0.3, -0.25) is 10.1 Å². The van der Waals surface area contributed by atoms with Crippen LogP contribution in [0.1, 0.15) is 31.8 Å². The molecule has 0 spiro atoms. The number of hydrogen-bond donors (Lipinski definition) is 2. The van der Waals surface area contributed by atoms with E-state index in [4.69, 9.17) is 0 Å². The number of nitro groups is 1. The van der Waals surface area contributed by atoms with Gasteiger partial charge in [-0.2, -0.15) is 0 Å². The lowest BCUT2D eigenvalue weighted by Gasteiger charge is -2.34. The Morgan fingerprint density at radius 1 is 1.61 bits per heavy atom. The van der Waals surface area contributed by atoms with Gasteiger partial charge >= 0.3 is 5.69 Å². The van der Waals surface area contributed by atoms with Gasteiger partial charge < -0.3 is 15.1 Å². The van der Waals surface area contributed by atoms with Crippen LogP contribution < -0.4 is 4.90 Å². The molecule has 0 saturated carbocycles. The molecule has 0 aliphatic carbocycles. The number of aliphatic hydroxyl groups excluding tert-OH is 2. The molecule has 1 heterocycles. The number of hydrogen-bond acceptors (Lipinski definition) is 6. The third kappa shape index (κ3) is 2.80. The topological polar surface area (TPSA) is 86.8 Å². The summed E-state index contributed by atoms with van der Waals surface area (Å²) in [6, 6.07) is 1.38. The molecule has 2 N–H and O–H groups in total. The molecule has 1 aromatic rings. The summed E-state index contributed by atoms with van der Waals surface area (Å²) in [5.41, 5.74) is -0.647. The second-order valence-electron chi connectivity index (χ2n) is 4.80. The minimum Gasteiger partial charge on any atom is -0.394 e. The lowest BCUT2D eigenvalue weighted by atomic mass is 10.1. The predicted molar refractivity (Wildman–Crippen MR) is 71.2 cm³/mol. The smallest absolute Gasteiger partial charge is 0.304 e. The first kappa shape index (κ1) is 14.9. The van der Waals surface area contributed by atoms with Gasteiger partial charge in [-0.1, -0.05) is 0 Å². The van der Waals surface area contributed by atoms with E-state index in [2.05, 4.69) is 0 Å². The second-order valence-corrected chi connectivity index (χ2v) is 5.86. The Kier molecular flexibility index (Phi) is 4.31. The maximum atomic E-state index is 11.0. The highest BCUT2D eigenvalue weighted by molar-refractivity contribution is 7.16. The SMILES string of the molecule is CC(O)c1cc([N+](=O)[O-])c(N(C)C(C)(C)CO)s1. The van der Waals surface area contributed by atoms with Gasteiger partial charge in [-0.15, -0.1) is 11.3 Å². The summed E-state index contributed by atoms with van der Waals surface area (Å²) >= 11 is 1.17. The molecule has 0 bridgehead atoms. The van der Waals surface area contributed by atoms with Gasteiger partial charge in [0.1, 0.15) is 0 Å². The normalized spacial score (nSPS) is 13.4. The van der Waals surface area contributed by atoms with Crippen molar-refractivity contribution in [1.29, 1.82) is 0 Å². The first-order valence-corrected chi connectivity index (χ1v) is 6.33. The van der Waals surface area contributed by atoms with Crippen LogP contribution in [-0.2, 0) is 0 Å². The molecule has 1 rings (SSSR count). The van der Waals surface area contributed by atoms with E-state index in [-0.39, 0.29) is 12.3 Å². The van der Waals surface area contributed by atoms with E-state index in [1.54, 1.807) is 32.7 Å². The van der Waals surface area contributed by atoms with Crippen molar-refractivity contribution in [2.75, 3.05) is 18.6 Å². The summed E-state index contributed by atoms with van der Waals surface area (Å²) in [7, 11) is 1.70. The van der Waals surface area contributed by atoms with Crippen molar-refractivity contribution in [3.63, 3.8) is 0 Å². The van der Waals surface area contributed by atoms with Crippen LogP contribution >= 0.6 is 11.3 Å². The Bertz CT molecular complexity index is 442. The van der Waals surface area contributed by atoms with Gasteiger partial charge in [0.05, 0.1) is 23.2 Å². The zero-order chi connectivity index (χ0) is 14.1. The van der Waals surface area contributed by atoms with Crippen LogP contribution in [0.3, 0.4) is 0 Å². The molecule has 7 heteroatoms. The largest absolute Gasteiger partial charge is 0.394 e. The van der Waals surface area contributed by atoms with E-state index in [0.29, 0.717) is 9.88 Å². The molecule has 0 fully saturated rings. The Hall–Kier alpha value is -1.18. The number of rotatable bonds is 5. The van der Waals surface area contributed by atoms with E-state index in [9.17, 15) is 20.3 Å². The summed E-state index contributed by atoms with van der Waals surface area (Å²) in [6.45, 7) is 5.02. The minimum absolute atomic E-state index is 0.0417. The van der Waals surface area contributed by atoms with Crippen molar-refractivity contribution >= 4 is 22.0 Å². The highest BCUT2D eigenvalue weighted by atomic mass is 32.1. The average molecular weight is 274 g/mol. The molecule has 102 valence electrons. The van der Waals surface area contributed by atoms with Crippen molar-refractivity contribution in [3.8, 4) is 0 Å². The Labute approximate surface area is 110 Å². The number of anilines is 1. The number of likely N-dealkylation sites (N-methyl/N-ethyl adjacent to an activating group) is 1. The maximum absolute atomic E-state index is 11.0. The van der Waals surface area contributed by atoms with Crippen LogP contribution in [0.15, 0.2) is 6.07 Å². The monoisotopic (exact) mass is 274 g/mol. The molecule has 0 saturated heterocycles. The first-order chi connectivity index (χ1) is 8.20. The number of thiophene rings is 1. The summed E-state index contributed by atoms with van der Waals surface area (Å²) in [6.07, 6.45) is -0.743. The first-order valence-electron chi connectivity index (χ1n) is 5.51. The molecule has 0 amide bonds. The van der Waals surface area contributed by atoms with Crippen LogP contribution in [0.2, 0.25) is 0 Å². The molecule has 1 unspecified atom stereocenters. The molecule has 18 heavy (non-hydrogen) atoms. The third-order valence-electron chi connectivity index (χ3n) is 2.92. The maximum Gasteiger partial charge on any atom is 0.304 e. The summed E-state index contributed by atoms with van der Waals surface area (Å²) < 4.78 is 0. The van der Waals surface area contributed by atoms with E-state index in [0.717, 1.165) is 0 Å². The molecule has 0 aliphatic heterocycles. The molecule has 1 aromatic heterocycles. The fraction of sp³-hybridized carbons (Fsp3) is 0.636. The van der Waals surface area contributed by atoms with E-state index >= 15 is 0 Å². The van der Waals surface area contributed by atoms with Crippen molar-refractivity contribution in [1.82, 2.24) is 0 Å². The van der Waals surface area contributed by atoms with Crippen molar-refractivity contribution in [2.24, 2.45) is 0 Å². The summed E-state index contributed by atoms with van der Waals surface area (Å²) in [5, 5.41) is 30.3. The number of nitrogens with zero attached hydrogens (tertiary/aromatic N) is 2. The summed E-state index contributed by atoms with van der Waals surface area (Å²) in [4.78, 5) is 12.8. The van der Waals surface area contributed by atoms with Gasteiger partial charge in [-0.05, 0) is 20.8 Å². The molecule has 0 radical (unpaired) electrons. The van der Waals surface area contributed by atoms with Crippen molar-refractivity contribution in [2.45, 2.75) is 32.4 Å². The molecule has 6 nitrogen and oxygen atoms in total. The lowest BCUT2D eigenvalue weighted by Crippen LogP contribution is -2.44. The molecule has 0 aliphatic rings. The van der Waals surface area contributed by atoms with Crippen LogP contribution in [-0.4, -0.2) is 34.3 Å². The molecule has 1 atom stereocenters. The second kappa shape index (κ2) is 5.21. The highest BCUT2D eigenvalue weighted by Crippen LogP contribution is 2.41. The number of aliphatic hydroxyl groups is 2. The molecule has 0 aromatic carbocycles. The van der Waals surface area contributed by atoms with E-state index in [1.807, 2.05) is 0 Å². The van der Waals surface area contributed by atoms with Gasteiger partial charge in [0, 0.05) is 18.0 Å². The fourth-order valence-electron chi connectivity index (χ4n) is 1.35. The van der Waals surface area contributed by atoms with Crippen LogP contribution in [0.25, 0.3) is 0 Å². The standard InChI is InChI=1S/C11H18N2O4S/c1-7(15)9-5-8(13(16)17)10(18-9)12(4)11(2,3)6-14/h5,7,14-15H,6H2,1-4H3. The van der Waals surface area contributed by atoms with Gasteiger partial charge in [0.25, 0.3) is 0 Å². The van der Waals surface area contributed by atoms with Gasteiger partial charge in [0.2, 0.25) is 0 Å². The van der Waals surface area contributed by atoms with Crippen LogP contribution in [0, 0.1) is 10.1 Å². The lowest BCUT2D eigenvalue weighted by molar-refractivity contribution is -0.383. The zero-order valence-electron chi connectivity index (χ0n) is 10.9. The minimum atomic E-state index is -0.743. The Morgan fingerprint density at radius 2 is 2.17 bits per heavy atom. The third-order valence-corrected chi connectivity index (χ3v) is 4.29. The van der Waals surface area contributed by atoms with Crippen LogP contribution in [0.4, 0.5) is 10.7 Å². The van der Waals surface area contributed by atoms with E-state index < -0.39 is 16.6 Å². The average Bonchev–Trinajstić information content (AvgIpc) is 2.72. The Balaban J connectivity index is 3.26. The quantitative estimate of drug-likeness (QED) is 0.632. The van der Waals surface area contributed by atoms with E-state index in [1.165, 1.54) is 17.4 Å². The molecular weight excluding hydrogens is 256 g/mol. The van der Waals surface area contributed by atoms with Crippen molar-refractivity contribution in [3.05, 3.63) is 21.1 Å². The molecular formula is C11H18N2O4S. The van der Waals surface area contributed by atoms with Crippen molar-refractivity contribution < 1.29 is 15.1 Å². The summed E-state index contributed by atoms with van der Waals surface area (Å²) in [5.74, 6) is 0.